The fourth-order valence-electron chi connectivity index (χ4n) is 1.19. The number of alkyl halides is 4. The van der Waals surface area contributed by atoms with Crippen LogP contribution in [0.2, 0.25) is 5.02 Å². The molecule has 1 aromatic carbocycles. The third kappa shape index (κ3) is 4.28. The molecular weight excluding hydrogens is 302 g/mol. The van der Waals surface area contributed by atoms with Gasteiger partial charge in [0.15, 0.2) is 0 Å². The summed E-state index contributed by atoms with van der Waals surface area (Å²) in [6.07, 6.45) is -4.52. The lowest BCUT2D eigenvalue weighted by Gasteiger charge is -2.21. The summed E-state index contributed by atoms with van der Waals surface area (Å²) in [5.74, 6) is -0.427. The standard InChI is InChI=1S/C12H12Cl2F3NO/c1-11(2,6-13)10(19)18-9-4-7(12(15,16)17)3-8(14)5-9/h3-5H,6H2,1-2H3,(H,18,19). The molecular formula is C12H12Cl2F3NO. The minimum Gasteiger partial charge on any atom is -0.326 e. The maximum Gasteiger partial charge on any atom is 0.416 e. The van der Waals surface area contributed by atoms with Crippen molar-refractivity contribution in [2.45, 2.75) is 20.0 Å². The van der Waals surface area contributed by atoms with Gasteiger partial charge in [-0.25, -0.2) is 0 Å². The Morgan fingerprint density at radius 3 is 2.32 bits per heavy atom. The lowest BCUT2D eigenvalue weighted by molar-refractivity contribution is -0.137. The molecule has 0 aliphatic carbocycles. The lowest BCUT2D eigenvalue weighted by atomic mass is 9.95. The highest BCUT2D eigenvalue weighted by atomic mass is 35.5. The minimum absolute atomic E-state index is 0.0111. The van der Waals surface area contributed by atoms with E-state index in [1.807, 2.05) is 0 Å². The molecule has 1 aromatic rings. The van der Waals surface area contributed by atoms with Crippen molar-refractivity contribution in [3.63, 3.8) is 0 Å². The van der Waals surface area contributed by atoms with Crippen LogP contribution in [0.1, 0.15) is 19.4 Å². The van der Waals surface area contributed by atoms with E-state index in [1.54, 1.807) is 13.8 Å². The van der Waals surface area contributed by atoms with Gasteiger partial charge in [-0.2, -0.15) is 13.2 Å². The topological polar surface area (TPSA) is 29.1 Å². The van der Waals surface area contributed by atoms with Crippen LogP contribution < -0.4 is 5.32 Å². The lowest BCUT2D eigenvalue weighted by Crippen LogP contribution is -2.32. The van der Waals surface area contributed by atoms with Gasteiger partial charge in [-0.1, -0.05) is 11.6 Å². The molecule has 2 nitrogen and oxygen atoms in total. The molecule has 1 N–H and O–H groups in total. The molecule has 0 spiro atoms. The van der Waals surface area contributed by atoms with Gasteiger partial charge in [0.05, 0.1) is 11.0 Å². The first kappa shape index (κ1) is 16.1. The molecule has 1 amide bonds. The molecule has 0 aromatic heterocycles. The van der Waals surface area contributed by atoms with E-state index >= 15 is 0 Å². The largest absolute Gasteiger partial charge is 0.416 e. The van der Waals surface area contributed by atoms with E-state index in [0.29, 0.717) is 0 Å². The maximum atomic E-state index is 12.6. The number of carbonyl (C=O) groups is 1. The molecule has 0 heterocycles. The van der Waals surface area contributed by atoms with Gasteiger partial charge in [0.25, 0.3) is 0 Å². The van der Waals surface area contributed by atoms with Crippen LogP contribution in [0.3, 0.4) is 0 Å². The van der Waals surface area contributed by atoms with Gasteiger partial charge in [-0.3, -0.25) is 4.79 Å². The van der Waals surface area contributed by atoms with E-state index in [0.717, 1.165) is 12.1 Å². The van der Waals surface area contributed by atoms with Crippen LogP contribution in [0, 0.1) is 5.41 Å². The number of amides is 1. The van der Waals surface area contributed by atoms with Gasteiger partial charge in [-0.05, 0) is 32.0 Å². The Bertz CT molecular complexity index is 486. The second-order valence-electron chi connectivity index (χ2n) is 4.70. The predicted octanol–water partition coefficient (Wildman–Crippen LogP) is 4.56. The van der Waals surface area contributed by atoms with Gasteiger partial charge in [0, 0.05) is 16.6 Å². The van der Waals surface area contributed by atoms with Crippen molar-refractivity contribution < 1.29 is 18.0 Å². The average molecular weight is 314 g/mol. The summed E-state index contributed by atoms with van der Waals surface area (Å²) >= 11 is 11.2. The molecule has 0 bridgehead atoms. The second kappa shape index (κ2) is 5.59. The highest BCUT2D eigenvalue weighted by Gasteiger charge is 2.32. The molecule has 0 aliphatic heterocycles. The zero-order chi connectivity index (χ0) is 14.8. The monoisotopic (exact) mass is 313 g/mol. The summed E-state index contributed by atoms with van der Waals surface area (Å²) in [6.45, 7) is 3.18. The van der Waals surface area contributed by atoms with Crippen LogP contribution in [0.25, 0.3) is 0 Å². The van der Waals surface area contributed by atoms with E-state index in [2.05, 4.69) is 5.32 Å². The van der Waals surface area contributed by atoms with Crippen LogP contribution in [0.15, 0.2) is 18.2 Å². The summed E-state index contributed by atoms with van der Waals surface area (Å²) in [6, 6.07) is 2.87. The first-order valence-corrected chi connectivity index (χ1v) is 6.23. The van der Waals surface area contributed by atoms with Gasteiger partial charge in [-0.15, -0.1) is 11.6 Å². The summed E-state index contributed by atoms with van der Waals surface area (Å²) in [4.78, 5) is 11.8. The second-order valence-corrected chi connectivity index (χ2v) is 5.40. The van der Waals surface area contributed by atoms with Gasteiger partial charge >= 0.3 is 6.18 Å². The molecule has 0 fully saturated rings. The van der Waals surface area contributed by atoms with Crippen LogP contribution in [-0.2, 0) is 11.0 Å². The highest BCUT2D eigenvalue weighted by molar-refractivity contribution is 6.31. The van der Waals surface area contributed by atoms with E-state index < -0.39 is 23.1 Å². The molecule has 1 rings (SSSR count). The number of hydrogen-bond acceptors (Lipinski definition) is 1. The molecule has 0 saturated heterocycles. The molecule has 106 valence electrons. The number of hydrogen-bond donors (Lipinski definition) is 1. The SMILES string of the molecule is CC(C)(CCl)C(=O)Nc1cc(Cl)cc(C(F)(F)F)c1. The zero-order valence-electron chi connectivity index (χ0n) is 10.2. The Morgan fingerprint density at radius 2 is 1.84 bits per heavy atom. The Balaban J connectivity index is 3.03. The van der Waals surface area contributed by atoms with Crippen molar-refractivity contribution in [2.24, 2.45) is 5.41 Å². The zero-order valence-corrected chi connectivity index (χ0v) is 11.7. The van der Waals surface area contributed by atoms with Crippen LogP contribution in [0.4, 0.5) is 18.9 Å². The molecule has 0 saturated carbocycles. The minimum atomic E-state index is -4.52. The van der Waals surface area contributed by atoms with Crippen molar-refractivity contribution in [2.75, 3.05) is 11.2 Å². The highest BCUT2D eigenvalue weighted by Crippen LogP contribution is 2.33. The summed E-state index contributed by atoms with van der Waals surface area (Å²) in [5.41, 5.74) is -1.82. The molecule has 0 radical (unpaired) electrons. The third-order valence-electron chi connectivity index (χ3n) is 2.43. The molecule has 0 atom stereocenters. The van der Waals surface area contributed by atoms with Gasteiger partial charge in [0.1, 0.15) is 0 Å². The fourth-order valence-corrected chi connectivity index (χ4v) is 1.54. The number of anilines is 1. The number of carbonyl (C=O) groups excluding carboxylic acids is 1. The van der Waals surface area contributed by atoms with E-state index in [-0.39, 0.29) is 16.6 Å². The Morgan fingerprint density at radius 1 is 1.26 bits per heavy atom. The smallest absolute Gasteiger partial charge is 0.326 e. The Labute approximate surface area is 118 Å². The fraction of sp³-hybridized carbons (Fsp3) is 0.417. The summed E-state index contributed by atoms with van der Waals surface area (Å²) in [7, 11) is 0. The van der Waals surface area contributed by atoms with Crippen molar-refractivity contribution in [3.8, 4) is 0 Å². The normalized spacial score (nSPS) is 12.4. The van der Waals surface area contributed by atoms with Crippen molar-refractivity contribution >= 4 is 34.8 Å². The first-order valence-electron chi connectivity index (χ1n) is 5.31. The van der Waals surface area contributed by atoms with Crippen molar-refractivity contribution in [1.29, 1.82) is 0 Å². The van der Waals surface area contributed by atoms with Crippen LogP contribution >= 0.6 is 23.2 Å². The average Bonchev–Trinajstić information content (AvgIpc) is 2.27. The molecule has 0 unspecified atom stereocenters. The van der Waals surface area contributed by atoms with Crippen molar-refractivity contribution in [1.82, 2.24) is 0 Å². The number of benzene rings is 1. The summed E-state index contributed by atoms with van der Waals surface area (Å²) in [5, 5.41) is 2.28. The molecule has 7 heteroatoms. The molecule has 0 aliphatic rings. The number of nitrogens with one attached hydrogen (secondary N) is 1. The van der Waals surface area contributed by atoms with Crippen LogP contribution in [-0.4, -0.2) is 11.8 Å². The number of rotatable bonds is 3. The Kier molecular flexibility index (Phi) is 4.74. The van der Waals surface area contributed by atoms with Crippen LogP contribution in [0.5, 0.6) is 0 Å². The van der Waals surface area contributed by atoms with E-state index in [9.17, 15) is 18.0 Å². The van der Waals surface area contributed by atoms with E-state index in [4.69, 9.17) is 23.2 Å². The predicted molar refractivity (Wildman–Crippen MR) is 69.6 cm³/mol. The maximum absolute atomic E-state index is 12.6. The number of halogens is 5. The summed E-state index contributed by atoms with van der Waals surface area (Å²) < 4.78 is 37.8. The van der Waals surface area contributed by atoms with Gasteiger partial charge < -0.3 is 5.32 Å². The molecule has 19 heavy (non-hydrogen) atoms. The van der Waals surface area contributed by atoms with Crippen molar-refractivity contribution in [3.05, 3.63) is 28.8 Å². The van der Waals surface area contributed by atoms with Gasteiger partial charge in [0.2, 0.25) is 5.91 Å². The quantitative estimate of drug-likeness (QED) is 0.814. The van der Waals surface area contributed by atoms with E-state index in [1.165, 1.54) is 6.07 Å². The third-order valence-corrected chi connectivity index (χ3v) is 3.32. The first-order chi connectivity index (χ1) is 8.56. The Hall–Kier alpha value is -0.940.